The van der Waals surface area contributed by atoms with E-state index < -0.39 is 41.6 Å². The van der Waals surface area contributed by atoms with Gasteiger partial charge in [0, 0.05) is 55.7 Å². The number of fused-ring (bicyclic) bond motifs is 2. The molecular weight excluding hydrogens is 630 g/mol. The van der Waals surface area contributed by atoms with E-state index in [-0.39, 0.29) is 75.6 Å². The number of anilines is 1. The number of hydrogen-bond donors (Lipinski definition) is 5. The lowest BCUT2D eigenvalue weighted by Gasteiger charge is -2.26. The van der Waals surface area contributed by atoms with Crippen molar-refractivity contribution >= 4 is 47.0 Å². The minimum atomic E-state index is -1.25. The molecule has 6 N–H and O–H groups in total. The van der Waals surface area contributed by atoms with Gasteiger partial charge in [-0.1, -0.05) is 56.0 Å². The highest BCUT2D eigenvalue weighted by Crippen LogP contribution is 2.26. The number of ketones is 2. The molecule has 5 amide bonds. The Morgan fingerprint density at radius 2 is 1.51 bits per heavy atom. The van der Waals surface area contributed by atoms with Crippen LogP contribution in [-0.2, 0) is 35.3 Å². The lowest BCUT2D eigenvalue weighted by Crippen LogP contribution is -2.46. The Balaban J connectivity index is 1.44. The summed E-state index contributed by atoms with van der Waals surface area (Å²) in [5, 5.41) is 16.8. The molecular formula is C36H43N5O8. The number of aliphatic carboxylic acids is 1. The predicted molar refractivity (Wildman–Crippen MR) is 181 cm³/mol. The van der Waals surface area contributed by atoms with Gasteiger partial charge in [-0.05, 0) is 42.5 Å². The molecule has 0 bridgehead atoms. The zero-order valence-electron chi connectivity index (χ0n) is 27.8. The average Bonchev–Trinajstić information content (AvgIpc) is 3.06. The van der Waals surface area contributed by atoms with Crippen molar-refractivity contribution in [1.29, 1.82) is 0 Å². The first-order valence-corrected chi connectivity index (χ1v) is 16.2. The first-order chi connectivity index (χ1) is 23.3. The van der Waals surface area contributed by atoms with Gasteiger partial charge in [0.25, 0.3) is 0 Å². The van der Waals surface area contributed by atoms with Gasteiger partial charge in [-0.3, -0.25) is 24.0 Å². The van der Waals surface area contributed by atoms with Gasteiger partial charge in [0.05, 0.1) is 18.8 Å². The van der Waals surface area contributed by atoms with Crippen molar-refractivity contribution in [3.05, 3.63) is 65.2 Å². The van der Waals surface area contributed by atoms with Crippen LogP contribution in [0.1, 0.15) is 75.5 Å². The van der Waals surface area contributed by atoms with Crippen LogP contribution in [0.5, 0.6) is 0 Å². The number of amides is 5. The summed E-state index contributed by atoms with van der Waals surface area (Å²) in [7, 11) is 0. The maximum absolute atomic E-state index is 13.3. The molecule has 13 heteroatoms. The number of carboxylic acids is 1. The summed E-state index contributed by atoms with van der Waals surface area (Å²) < 4.78 is 0. The van der Waals surface area contributed by atoms with Crippen LogP contribution in [0.3, 0.4) is 0 Å². The molecule has 2 aromatic rings. The van der Waals surface area contributed by atoms with Crippen molar-refractivity contribution < 1.29 is 38.7 Å². The highest BCUT2D eigenvalue weighted by atomic mass is 16.4. The number of nitrogens with zero attached hydrogens (tertiary/aromatic N) is 1. The third-order valence-electron chi connectivity index (χ3n) is 8.08. The fraction of sp³-hybridized carbons (Fsp3) is 0.417. The van der Waals surface area contributed by atoms with E-state index in [0.717, 1.165) is 11.1 Å². The zero-order chi connectivity index (χ0) is 35.9. The number of benzene rings is 2. The fourth-order valence-corrected chi connectivity index (χ4v) is 5.25. The quantitative estimate of drug-likeness (QED) is 0.117. The lowest BCUT2D eigenvalue weighted by atomic mass is 9.89. The molecule has 49 heavy (non-hydrogen) atoms. The Morgan fingerprint density at radius 1 is 0.857 bits per heavy atom. The average molecular weight is 674 g/mol. The van der Waals surface area contributed by atoms with Crippen molar-refractivity contribution in [2.45, 2.75) is 71.4 Å². The Hall–Kier alpha value is -5.51. The number of nitrogens with two attached hydrogens (primary N) is 1. The second-order valence-corrected chi connectivity index (χ2v) is 12.1. The Labute approximate surface area is 285 Å². The molecule has 1 heterocycles. The Bertz CT molecular complexity index is 1630. The summed E-state index contributed by atoms with van der Waals surface area (Å²) in [6.45, 7) is 3.53. The van der Waals surface area contributed by atoms with E-state index in [4.69, 9.17) is 5.73 Å². The van der Waals surface area contributed by atoms with Gasteiger partial charge in [-0.25, -0.2) is 9.59 Å². The van der Waals surface area contributed by atoms with E-state index in [0.29, 0.717) is 17.8 Å². The fourth-order valence-electron chi connectivity index (χ4n) is 5.25. The number of nitrogens with one attached hydrogen (secondary N) is 3. The van der Waals surface area contributed by atoms with Gasteiger partial charge in [0.15, 0.2) is 5.78 Å². The zero-order valence-corrected chi connectivity index (χ0v) is 27.8. The Kier molecular flexibility index (Phi) is 14.5. The number of primary amides is 1. The molecule has 0 saturated heterocycles. The van der Waals surface area contributed by atoms with Crippen LogP contribution in [0, 0.1) is 23.7 Å². The van der Waals surface area contributed by atoms with Crippen LogP contribution in [0.25, 0.3) is 0 Å². The van der Waals surface area contributed by atoms with E-state index in [1.807, 2.05) is 48.5 Å². The summed E-state index contributed by atoms with van der Waals surface area (Å²) in [5.41, 5.74) is 8.09. The molecule has 0 unspecified atom stereocenters. The summed E-state index contributed by atoms with van der Waals surface area (Å²) in [5.74, 6) is 1.82. The molecule has 3 rings (SSSR count). The van der Waals surface area contributed by atoms with Gasteiger partial charge in [-0.15, -0.1) is 0 Å². The molecule has 0 fully saturated rings. The van der Waals surface area contributed by atoms with Crippen LogP contribution in [0.4, 0.5) is 10.5 Å². The monoisotopic (exact) mass is 673 g/mol. The normalized spacial score (nSPS) is 12.8. The topological polar surface area (TPSA) is 205 Å². The summed E-state index contributed by atoms with van der Waals surface area (Å²) in [6.07, 6.45) is -0.311. The second kappa shape index (κ2) is 18.7. The summed E-state index contributed by atoms with van der Waals surface area (Å²) >= 11 is 0. The first kappa shape index (κ1) is 37.9. The first-order valence-electron chi connectivity index (χ1n) is 16.2. The maximum atomic E-state index is 13.3. The third kappa shape index (κ3) is 12.2. The molecule has 0 spiro atoms. The molecule has 2 aromatic carbocycles. The van der Waals surface area contributed by atoms with Gasteiger partial charge in [0.1, 0.15) is 11.8 Å². The van der Waals surface area contributed by atoms with E-state index >= 15 is 0 Å². The summed E-state index contributed by atoms with van der Waals surface area (Å²) in [4.78, 5) is 88.0. The minimum Gasteiger partial charge on any atom is -0.480 e. The summed E-state index contributed by atoms with van der Waals surface area (Å²) in [6, 6.07) is 13.0. The van der Waals surface area contributed by atoms with Crippen molar-refractivity contribution in [2.24, 2.45) is 17.6 Å². The number of Topliss-reactive ketones (excluding diaryl/α,β-unsaturated/α-hetero) is 2. The van der Waals surface area contributed by atoms with Crippen LogP contribution in [0.15, 0.2) is 48.5 Å². The molecule has 1 aliphatic heterocycles. The third-order valence-corrected chi connectivity index (χ3v) is 8.08. The van der Waals surface area contributed by atoms with Gasteiger partial charge in [-0.2, -0.15) is 0 Å². The highest BCUT2D eigenvalue weighted by Gasteiger charge is 2.29. The predicted octanol–water partition coefficient (Wildman–Crippen LogP) is 2.43. The van der Waals surface area contributed by atoms with Crippen LogP contribution >= 0.6 is 0 Å². The van der Waals surface area contributed by atoms with E-state index in [1.165, 1.54) is 0 Å². The van der Waals surface area contributed by atoms with Crippen LogP contribution in [-0.4, -0.2) is 65.5 Å². The molecule has 2 atom stereocenters. The molecule has 1 aliphatic rings. The van der Waals surface area contributed by atoms with E-state index in [1.54, 1.807) is 18.7 Å². The largest absolute Gasteiger partial charge is 0.480 e. The van der Waals surface area contributed by atoms with Gasteiger partial charge < -0.3 is 31.7 Å². The van der Waals surface area contributed by atoms with E-state index in [9.17, 15) is 38.7 Å². The second-order valence-electron chi connectivity index (χ2n) is 12.1. The maximum Gasteiger partial charge on any atom is 0.326 e. The molecule has 0 saturated carbocycles. The standard InChI is InChI=1S/C36H43N5O8/c1-23(2)29(34(46)40-30(35(47)48)11-7-19-38-36(37)49)20-28(43)21-39-32(44)17-15-27(42)16-18-33(45)41-22-26-10-4-3-8-24(26)13-14-25-9-5-6-12-31(25)41/h3-6,8-10,12,23,29-30H,7,11,15-22H2,1-2H3,(H,39,44)(H,40,46)(H,47,48)(H3,37,38,49)/t29-,30-/m0/s1. The number of urea groups is 1. The van der Waals surface area contributed by atoms with Crippen molar-refractivity contribution in [2.75, 3.05) is 18.0 Å². The minimum absolute atomic E-state index is 0.0407. The number of para-hydroxylation sites is 1. The molecule has 260 valence electrons. The SMILES string of the molecule is CC(C)[C@H](CC(=O)CNC(=O)CCC(=O)CCC(=O)N1Cc2ccccc2C#Cc2ccccc21)C(=O)N[C@@H](CCCNC(N)=O)C(=O)O. The number of carbonyl (C=O) groups is 7. The number of rotatable bonds is 18. The highest BCUT2D eigenvalue weighted by molar-refractivity contribution is 5.97. The van der Waals surface area contributed by atoms with Gasteiger partial charge in [0.2, 0.25) is 17.7 Å². The molecule has 0 radical (unpaired) electrons. The number of carboxylic acid groups (broad SMARTS) is 1. The van der Waals surface area contributed by atoms with Crippen molar-refractivity contribution in [3.63, 3.8) is 0 Å². The van der Waals surface area contributed by atoms with E-state index in [2.05, 4.69) is 27.8 Å². The number of carbonyl (C=O) groups excluding carboxylic acids is 6. The molecule has 13 nitrogen and oxygen atoms in total. The van der Waals surface area contributed by atoms with Crippen molar-refractivity contribution in [1.82, 2.24) is 16.0 Å². The molecule has 0 aromatic heterocycles. The van der Waals surface area contributed by atoms with Crippen LogP contribution in [0.2, 0.25) is 0 Å². The Morgan fingerprint density at radius 3 is 2.20 bits per heavy atom. The van der Waals surface area contributed by atoms with Crippen molar-refractivity contribution in [3.8, 4) is 11.8 Å². The molecule has 0 aliphatic carbocycles. The smallest absolute Gasteiger partial charge is 0.326 e. The number of hydrogen-bond acceptors (Lipinski definition) is 7. The van der Waals surface area contributed by atoms with Gasteiger partial charge >= 0.3 is 12.0 Å². The lowest BCUT2D eigenvalue weighted by molar-refractivity contribution is -0.143. The van der Waals surface area contributed by atoms with Crippen LogP contribution < -0.4 is 26.6 Å².